The van der Waals surface area contributed by atoms with Gasteiger partial charge in [-0.25, -0.2) is 43.9 Å². The topological polar surface area (TPSA) is 0 Å². The Kier molecular flexibility index (Phi) is 5.42. The van der Waals surface area contributed by atoms with Crippen molar-refractivity contribution in [2.45, 2.75) is 0 Å². The normalized spacial score (nSPS) is 11.6. The van der Waals surface area contributed by atoms with Crippen molar-refractivity contribution in [2.75, 3.05) is 0 Å². The summed E-state index contributed by atoms with van der Waals surface area (Å²) in [6.45, 7) is 0. The van der Waals surface area contributed by atoms with Gasteiger partial charge in [-0.05, 0) is 41.3 Å². The van der Waals surface area contributed by atoms with E-state index in [4.69, 9.17) is 0 Å². The Morgan fingerprint density at radius 2 is 1.00 bits per heavy atom. The van der Waals surface area contributed by atoms with Crippen LogP contribution in [0.25, 0.3) is 43.8 Å². The highest BCUT2D eigenvalue weighted by Gasteiger charge is 2.30. The SMILES string of the molecule is Fc1ccc(-c2c3cccc(F)c3c(-c3cc(F)c(F)c(F)c3)c3c(F)c(F)c(F)c(F)c23)c(F)c1. The van der Waals surface area contributed by atoms with Crippen molar-refractivity contribution in [3.8, 4) is 22.3 Å². The third-order valence-electron chi connectivity index (χ3n) is 5.77. The lowest BCUT2D eigenvalue weighted by Gasteiger charge is -2.20. The molecule has 36 heavy (non-hydrogen) atoms. The van der Waals surface area contributed by atoms with E-state index >= 15 is 13.2 Å². The summed E-state index contributed by atoms with van der Waals surface area (Å²) in [4.78, 5) is 0. The lowest BCUT2D eigenvalue weighted by atomic mass is 9.85. The van der Waals surface area contributed by atoms with E-state index < -0.39 is 102 Å². The quantitative estimate of drug-likeness (QED) is 0.0965. The van der Waals surface area contributed by atoms with E-state index in [9.17, 15) is 30.7 Å². The minimum absolute atomic E-state index is 0.329. The molecule has 5 aromatic rings. The van der Waals surface area contributed by atoms with Crippen molar-refractivity contribution in [3.63, 3.8) is 0 Å². The predicted octanol–water partition coefficient (Wildman–Crippen LogP) is 8.72. The molecule has 5 rings (SSSR count). The van der Waals surface area contributed by atoms with E-state index in [1.165, 1.54) is 0 Å². The van der Waals surface area contributed by atoms with Gasteiger partial charge in [0, 0.05) is 38.9 Å². The van der Waals surface area contributed by atoms with Crippen molar-refractivity contribution in [3.05, 3.63) is 107 Å². The van der Waals surface area contributed by atoms with Gasteiger partial charge in [-0.2, -0.15) is 0 Å². The Hall–Kier alpha value is -4.08. The average Bonchev–Trinajstić information content (AvgIpc) is 2.83. The molecule has 182 valence electrons. The zero-order chi connectivity index (χ0) is 26.0. The highest BCUT2D eigenvalue weighted by molar-refractivity contribution is 6.22. The zero-order valence-corrected chi connectivity index (χ0v) is 17.4. The maximum Gasteiger partial charge on any atom is 0.198 e. The molecule has 0 spiro atoms. The van der Waals surface area contributed by atoms with E-state index in [0.29, 0.717) is 18.2 Å². The van der Waals surface area contributed by atoms with E-state index in [1.807, 2.05) is 0 Å². The summed E-state index contributed by atoms with van der Waals surface area (Å²) < 4.78 is 145. The van der Waals surface area contributed by atoms with Crippen molar-refractivity contribution >= 4 is 21.5 Å². The first-order valence-corrected chi connectivity index (χ1v) is 10.0. The predicted molar refractivity (Wildman–Crippen MR) is 112 cm³/mol. The van der Waals surface area contributed by atoms with Crippen LogP contribution in [0.5, 0.6) is 0 Å². The second-order valence-corrected chi connectivity index (χ2v) is 7.80. The van der Waals surface area contributed by atoms with Gasteiger partial charge in [-0.15, -0.1) is 0 Å². The molecule has 0 fully saturated rings. The molecular weight excluding hydrogens is 502 g/mol. The monoisotopic (exact) mass is 510 g/mol. The largest absolute Gasteiger partial charge is 0.207 e. The summed E-state index contributed by atoms with van der Waals surface area (Å²) in [5, 5.41) is -3.43. The summed E-state index contributed by atoms with van der Waals surface area (Å²) in [5.41, 5.74) is -2.91. The number of fused-ring (bicyclic) bond motifs is 2. The molecule has 10 heteroatoms. The molecule has 0 bridgehead atoms. The Bertz CT molecular complexity index is 1720. The molecule has 5 aromatic carbocycles. The molecule has 0 N–H and O–H groups in total. The van der Waals surface area contributed by atoms with Gasteiger partial charge in [-0.1, -0.05) is 12.1 Å². The lowest BCUT2D eigenvalue weighted by molar-refractivity contribution is 0.418. The molecule has 0 heterocycles. The number of halogens is 10. The van der Waals surface area contributed by atoms with Crippen LogP contribution in [0.1, 0.15) is 0 Å². The standard InChI is InChI=1S/C26H8F10/c27-10-4-5-11(14(29)8-10)18-12-2-1-3-13(28)19(12)17(9-6-15(30)22(32)16(31)7-9)20-21(18)24(34)26(36)25(35)23(20)33/h1-8H. The van der Waals surface area contributed by atoms with Gasteiger partial charge < -0.3 is 0 Å². The first kappa shape index (κ1) is 23.7. The summed E-state index contributed by atoms with van der Waals surface area (Å²) in [6.07, 6.45) is 0. The minimum Gasteiger partial charge on any atom is -0.207 e. The fourth-order valence-electron chi connectivity index (χ4n) is 4.31. The number of rotatable bonds is 2. The van der Waals surface area contributed by atoms with Gasteiger partial charge in [0.1, 0.15) is 17.5 Å². The second-order valence-electron chi connectivity index (χ2n) is 7.80. The zero-order valence-electron chi connectivity index (χ0n) is 17.4. The van der Waals surface area contributed by atoms with Crippen LogP contribution in [0.3, 0.4) is 0 Å². The van der Waals surface area contributed by atoms with Gasteiger partial charge >= 0.3 is 0 Å². The maximum absolute atomic E-state index is 15.3. The van der Waals surface area contributed by atoms with Gasteiger partial charge in [0.25, 0.3) is 0 Å². The van der Waals surface area contributed by atoms with E-state index in [-0.39, 0.29) is 0 Å². The Balaban J connectivity index is 2.16. The molecule has 0 saturated carbocycles. The van der Waals surface area contributed by atoms with Crippen LogP contribution in [-0.4, -0.2) is 0 Å². The highest BCUT2D eigenvalue weighted by atomic mass is 19.2. The smallest absolute Gasteiger partial charge is 0.198 e. The fraction of sp³-hybridized carbons (Fsp3) is 0. The van der Waals surface area contributed by atoms with E-state index in [2.05, 4.69) is 0 Å². The first-order chi connectivity index (χ1) is 17.0. The highest BCUT2D eigenvalue weighted by Crippen LogP contribution is 2.48. The molecule has 0 saturated heterocycles. The first-order valence-electron chi connectivity index (χ1n) is 10.0. The summed E-state index contributed by atoms with van der Waals surface area (Å²) in [5.74, 6) is -17.9. The number of hydrogen-bond acceptors (Lipinski definition) is 0. The lowest BCUT2D eigenvalue weighted by Crippen LogP contribution is -2.04. The Labute approximate surface area is 195 Å². The molecule has 0 aliphatic rings. The van der Waals surface area contributed by atoms with Crippen LogP contribution in [0.15, 0.2) is 48.5 Å². The average molecular weight is 510 g/mol. The fourth-order valence-corrected chi connectivity index (χ4v) is 4.31. The minimum atomic E-state index is -2.34. The second kappa shape index (κ2) is 8.25. The van der Waals surface area contributed by atoms with Crippen molar-refractivity contribution in [2.24, 2.45) is 0 Å². The van der Waals surface area contributed by atoms with Crippen LogP contribution in [0, 0.1) is 58.2 Å². The summed E-state index contributed by atoms with van der Waals surface area (Å²) in [7, 11) is 0. The molecule has 0 unspecified atom stereocenters. The number of hydrogen-bond donors (Lipinski definition) is 0. The Morgan fingerprint density at radius 1 is 0.417 bits per heavy atom. The Morgan fingerprint density at radius 3 is 1.58 bits per heavy atom. The number of benzene rings is 5. The molecular formula is C26H8F10. The summed E-state index contributed by atoms with van der Waals surface area (Å²) >= 11 is 0. The molecule has 0 radical (unpaired) electrons. The van der Waals surface area contributed by atoms with Crippen molar-refractivity contribution < 1.29 is 43.9 Å². The van der Waals surface area contributed by atoms with Crippen LogP contribution >= 0.6 is 0 Å². The van der Waals surface area contributed by atoms with Gasteiger partial charge in [0.15, 0.2) is 40.7 Å². The van der Waals surface area contributed by atoms with Crippen molar-refractivity contribution in [1.29, 1.82) is 0 Å². The van der Waals surface area contributed by atoms with Crippen LogP contribution in [0.2, 0.25) is 0 Å². The van der Waals surface area contributed by atoms with Gasteiger partial charge in [-0.3, -0.25) is 0 Å². The molecule has 0 aliphatic heterocycles. The molecule has 0 amide bonds. The molecule has 0 aliphatic carbocycles. The van der Waals surface area contributed by atoms with Crippen LogP contribution in [0.4, 0.5) is 43.9 Å². The third-order valence-corrected chi connectivity index (χ3v) is 5.77. The van der Waals surface area contributed by atoms with Crippen molar-refractivity contribution in [1.82, 2.24) is 0 Å². The van der Waals surface area contributed by atoms with Gasteiger partial charge in [0.05, 0.1) is 0 Å². The van der Waals surface area contributed by atoms with Crippen LogP contribution in [-0.2, 0) is 0 Å². The van der Waals surface area contributed by atoms with Crippen LogP contribution < -0.4 is 0 Å². The maximum atomic E-state index is 15.3. The molecule has 0 nitrogen and oxygen atoms in total. The van der Waals surface area contributed by atoms with Gasteiger partial charge in [0.2, 0.25) is 0 Å². The molecule has 0 aromatic heterocycles. The third kappa shape index (κ3) is 3.31. The summed E-state index contributed by atoms with van der Waals surface area (Å²) in [6, 6.07) is 5.52. The molecule has 0 atom stereocenters. The van der Waals surface area contributed by atoms with E-state index in [1.54, 1.807) is 0 Å². The van der Waals surface area contributed by atoms with E-state index in [0.717, 1.165) is 30.3 Å².